The molecule has 1 aliphatic rings. The maximum Gasteiger partial charge on any atom is 0.191 e. The van der Waals surface area contributed by atoms with E-state index in [-0.39, 0.29) is 24.0 Å². The SMILES string of the molecule is CCN(CC)C(N)=NCCN1CCCCC1C.I. The van der Waals surface area contributed by atoms with Gasteiger partial charge in [-0.3, -0.25) is 9.89 Å². The van der Waals surface area contributed by atoms with Crippen molar-refractivity contribution in [2.24, 2.45) is 10.7 Å². The van der Waals surface area contributed by atoms with E-state index in [4.69, 9.17) is 5.73 Å². The molecular weight excluding hydrogens is 339 g/mol. The van der Waals surface area contributed by atoms with Gasteiger partial charge in [0.15, 0.2) is 5.96 Å². The first-order valence-corrected chi connectivity index (χ1v) is 6.98. The number of halogens is 1. The van der Waals surface area contributed by atoms with E-state index in [0.29, 0.717) is 12.0 Å². The minimum Gasteiger partial charge on any atom is -0.370 e. The molecule has 0 aliphatic carbocycles. The molecule has 5 heteroatoms. The molecule has 18 heavy (non-hydrogen) atoms. The van der Waals surface area contributed by atoms with Crippen LogP contribution in [0.4, 0.5) is 0 Å². The van der Waals surface area contributed by atoms with Crippen molar-refractivity contribution >= 4 is 29.9 Å². The van der Waals surface area contributed by atoms with E-state index in [1.165, 1.54) is 25.8 Å². The number of guanidine groups is 1. The Balaban J connectivity index is 0.00000289. The Morgan fingerprint density at radius 3 is 2.56 bits per heavy atom. The maximum atomic E-state index is 5.95. The number of hydrogen-bond acceptors (Lipinski definition) is 2. The second-order valence-electron chi connectivity index (χ2n) is 4.79. The summed E-state index contributed by atoms with van der Waals surface area (Å²) in [5.41, 5.74) is 5.95. The highest BCUT2D eigenvalue weighted by Crippen LogP contribution is 2.15. The lowest BCUT2D eigenvalue weighted by Gasteiger charge is -2.32. The van der Waals surface area contributed by atoms with Crippen LogP contribution in [0, 0.1) is 0 Å². The molecule has 0 radical (unpaired) electrons. The summed E-state index contributed by atoms with van der Waals surface area (Å²) in [6.45, 7) is 11.5. The first kappa shape index (κ1) is 18.0. The molecule has 1 saturated heterocycles. The van der Waals surface area contributed by atoms with Crippen LogP contribution in [0.2, 0.25) is 0 Å². The van der Waals surface area contributed by atoms with Gasteiger partial charge in [-0.2, -0.15) is 0 Å². The molecule has 0 spiro atoms. The van der Waals surface area contributed by atoms with Crippen LogP contribution in [0.3, 0.4) is 0 Å². The Kier molecular flexibility index (Phi) is 9.81. The lowest BCUT2D eigenvalue weighted by atomic mass is 10.0. The highest BCUT2D eigenvalue weighted by atomic mass is 127. The Hall–Kier alpha value is -0.0400. The normalized spacial score (nSPS) is 21.5. The van der Waals surface area contributed by atoms with Crippen LogP contribution in [0.25, 0.3) is 0 Å². The van der Waals surface area contributed by atoms with Crippen LogP contribution in [0.15, 0.2) is 4.99 Å². The van der Waals surface area contributed by atoms with Gasteiger partial charge in [0.1, 0.15) is 0 Å². The smallest absolute Gasteiger partial charge is 0.191 e. The summed E-state index contributed by atoms with van der Waals surface area (Å²) in [5, 5.41) is 0. The van der Waals surface area contributed by atoms with Gasteiger partial charge in [-0.15, -0.1) is 24.0 Å². The zero-order valence-electron chi connectivity index (χ0n) is 12.1. The molecule has 0 amide bonds. The number of rotatable bonds is 5. The summed E-state index contributed by atoms with van der Waals surface area (Å²) < 4.78 is 0. The quantitative estimate of drug-likeness (QED) is 0.460. The van der Waals surface area contributed by atoms with Gasteiger partial charge in [0.25, 0.3) is 0 Å². The first-order valence-electron chi connectivity index (χ1n) is 6.98. The summed E-state index contributed by atoms with van der Waals surface area (Å²) >= 11 is 0. The standard InChI is InChI=1S/C13H28N4.HI/c1-4-16(5-2)13(14)15-9-11-17-10-7-6-8-12(17)3;/h12H,4-11H2,1-3H3,(H2,14,15);1H. The number of likely N-dealkylation sites (tertiary alicyclic amines) is 1. The molecular formula is C13H29IN4. The number of aliphatic imine (C=N–C) groups is 1. The molecule has 0 bridgehead atoms. The van der Waals surface area contributed by atoms with Gasteiger partial charge in [0.2, 0.25) is 0 Å². The second-order valence-corrected chi connectivity index (χ2v) is 4.79. The predicted octanol–water partition coefficient (Wildman–Crippen LogP) is 2.14. The van der Waals surface area contributed by atoms with Gasteiger partial charge in [-0.1, -0.05) is 6.42 Å². The molecule has 0 aromatic rings. The second kappa shape index (κ2) is 9.83. The molecule has 1 fully saturated rings. The van der Waals surface area contributed by atoms with Gasteiger partial charge in [0, 0.05) is 25.7 Å². The van der Waals surface area contributed by atoms with Crippen molar-refractivity contribution in [2.75, 3.05) is 32.7 Å². The zero-order chi connectivity index (χ0) is 12.7. The molecule has 0 aromatic carbocycles. The maximum absolute atomic E-state index is 5.95. The lowest BCUT2D eigenvalue weighted by Crippen LogP contribution is -2.40. The summed E-state index contributed by atoms with van der Waals surface area (Å²) in [7, 11) is 0. The molecule has 4 nitrogen and oxygen atoms in total. The highest BCUT2D eigenvalue weighted by molar-refractivity contribution is 14.0. The van der Waals surface area contributed by atoms with E-state index < -0.39 is 0 Å². The Morgan fingerprint density at radius 1 is 1.33 bits per heavy atom. The third kappa shape index (κ3) is 5.73. The van der Waals surface area contributed by atoms with Gasteiger partial charge >= 0.3 is 0 Å². The first-order chi connectivity index (χ1) is 8.19. The molecule has 108 valence electrons. The Labute approximate surface area is 129 Å². The van der Waals surface area contributed by atoms with Crippen LogP contribution in [-0.4, -0.2) is 54.5 Å². The Bertz CT molecular complexity index is 241. The van der Waals surface area contributed by atoms with Gasteiger partial charge in [0.05, 0.1) is 6.54 Å². The van der Waals surface area contributed by atoms with Gasteiger partial charge < -0.3 is 10.6 Å². The molecule has 1 heterocycles. The fourth-order valence-electron chi connectivity index (χ4n) is 2.43. The third-order valence-corrected chi connectivity index (χ3v) is 3.69. The molecule has 0 saturated carbocycles. The van der Waals surface area contributed by atoms with Crippen molar-refractivity contribution in [3.8, 4) is 0 Å². The van der Waals surface area contributed by atoms with Crippen molar-refractivity contribution < 1.29 is 0 Å². The lowest BCUT2D eigenvalue weighted by molar-refractivity contribution is 0.165. The summed E-state index contributed by atoms with van der Waals surface area (Å²) in [4.78, 5) is 9.10. The van der Waals surface area contributed by atoms with E-state index >= 15 is 0 Å². The monoisotopic (exact) mass is 368 g/mol. The fraction of sp³-hybridized carbons (Fsp3) is 0.923. The molecule has 1 atom stereocenters. The van der Waals surface area contributed by atoms with Gasteiger partial charge in [-0.25, -0.2) is 0 Å². The van der Waals surface area contributed by atoms with E-state index in [1.807, 2.05) is 0 Å². The number of hydrogen-bond donors (Lipinski definition) is 1. The van der Waals surface area contributed by atoms with E-state index in [0.717, 1.165) is 26.2 Å². The zero-order valence-corrected chi connectivity index (χ0v) is 14.4. The van der Waals surface area contributed by atoms with Crippen LogP contribution in [0.5, 0.6) is 0 Å². The molecule has 0 aromatic heterocycles. The van der Waals surface area contributed by atoms with Crippen LogP contribution in [0.1, 0.15) is 40.0 Å². The van der Waals surface area contributed by atoms with Crippen molar-refractivity contribution in [1.29, 1.82) is 0 Å². The van der Waals surface area contributed by atoms with Crippen LogP contribution < -0.4 is 5.73 Å². The van der Waals surface area contributed by atoms with Crippen LogP contribution >= 0.6 is 24.0 Å². The topological polar surface area (TPSA) is 44.9 Å². The van der Waals surface area contributed by atoms with Crippen molar-refractivity contribution in [3.63, 3.8) is 0 Å². The molecule has 1 rings (SSSR count). The number of piperidine rings is 1. The fourth-order valence-corrected chi connectivity index (χ4v) is 2.43. The van der Waals surface area contributed by atoms with E-state index in [1.54, 1.807) is 0 Å². The average Bonchev–Trinajstić information content (AvgIpc) is 2.33. The van der Waals surface area contributed by atoms with Crippen molar-refractivity contribution in [2.45, 2.75) is 46.1 Å². The minimum absolute atomic E-state index is 0. The van der Waals surface area contributed by atoms with Crippen molar-refractivity contribution in [1.82, 2.24) is 9.80 Å². The van der Waals surface area contributed by atoms with Crippen LogP contribution in [-0.2, 0) is 0 Å². The molecule has 1 aliphatic heterocycles. The highest BCUT2D eigenvalue weighted by Gasteiger charge is 2.17. The number of nitrogens with zero attached hydrogens (tertiary/aromatic N) is 3. The average molecular weight is 368 g/mol. The minimum atomic E-state index is 0. The predicted molar refractivity (Wildman–Crippen MR) is 89.7 cm³/mol. The molecule has 2 N–H and O–H groups in total. The van der Waals surface area contributed by atoms with E-state index in [9.17, 15) is 0 Å². The summed E-state index contributed by atoms with van der Waals surface area (Å²) in [6.07, 6.45) is 4.04. The van der Waals surface area contributed by atoms with Crippen molar-refractivity contribution in [3.05, 3.63) is 0 Å². The summed E-state index contributed by atoms with van der Waals surface area (Å²) in [6, 6.07) is 0.716. The summed E-state index contributed by atoms with van der Waals surface area (Å²) in [5.74, 6) is 0.694. The van der Waals surface area contributed by atoms with E-state index in [2.05, 4.69) is 35.6 Å². The largest absolute Gasteiger partial charge is 0.370 e. The van der Waals surface area contributed by atoms with Gasteiger partial charge in [-0.05, 0) is 40.2 Å². The third-order valence-electron chi connectivity index (χ3n) is 3.69. The number of nitrogens with two attached hydrogens (primary N) is 1. The molecule has 1 unspecified atom stereocenters. The Morgan fingerprint density at radius 2 is 2.00 bits per heavy atom.